The number of hydrogen-bond donors (Lipinski definition) is 1. The number of rotatable bonds is 5. The van der Waals surface area contributed by atoms with Crippen LogP contribution < -0.4 is 10.2 Å². The normalized spacial score (nSPS) is 14.4. The summed E-state index contributed by atoms with van der Waals surface area (Å²) in [6.45, 7) is 5.00. The second kappa shape index (κ2) is 6.97. The molecule has 0 amide bonds. The first kappa shape index (κ1) is 15.1. The van der Waals surface area contributed by atoms with Gasteiger partial charge in [-0.15, -0.1) is 0 Å². The summed E-state index contributed by atoms with van der Waals surface area (Å²) >= 11 is 6.00. The molecule has 5 heteroatoms. The molecule has 0 aliphatic carbocycles. The van der Waals surface area contributed by atoms with Gasteiger partial charge < -0.3 is 10.2 Å². The lowest BCUT2D eigenvalue weighted by Gasteiger charge is -2.17. The average Bonchev–Trinajstić information content (AvgIpc) is 3.01. The van der Waals surface area contributed by atoms with Crippen molar-refractivity contribution in [1.82, 2.24) is 9.97 Å². The molecule has 3 rings (SSSR count). The minimum atomic E-state index is 0.712. The van der Waals surface area contributed by atoms with Gasteiger partial charge in [-0.3, -0.25) is 0 Å². The van der Waals surface area contributed by atoms with Crippen LogP contribution in [-0.4, -0.2) is 29.6 Å². The quantitative estimate of drug-likeness (QED) is 0.913. The number of aryl methyl sites for hydroxylation is 1. The maximum absolute atomic E-state index is 6.00. The average molecular weight is 317 g/mol. The summed E-state index contributed by atoms with van der Waals surface area (Å²) in [6, 6.07) is 10.0. The number of nitrogens with one attached hydrogen (secondary N) is 1. The maximum atomic E-state index is 6.00. The summed E-state index contributed by atoms with van der Waals surface area (Å²) < 4.78 is 0. The van der Waals surface area contributed by atoms with Crippen molar-refractivity contribution < 1.29 is 0 Å². The molecule has 1 aromatic heterocycles. The van der Waals surface area contributed by atoms with Gasteiger partial charge in [0.2, 0.25) is 5.95 Å². The van der Waals surface area contributed by atoms with E-state index < -0.39 is 0 Å². The van der Waals surface area contributed by atoms with E-state index in [0.29, 0.717) is 5.95 Å². The summed E-state index contributed by atoms with van der Waals surface area (Å²) in [5, 5.41) is 4.10. The van der Waals surface area contributed by atoms with Gasteiger partial charge in [-0.2, -0.15) is 4.98 Å². The van der Waals surface area contributed by atoms with Crippen LogP contribution in [-0.2, 0) is 6.42 Å². The molecular weight excluding hydrogens is 296 g/mol. The summed E-state index contributed by atoms with van der Waals surface area (Å²) in [4.78, 5) is 11.5. The van der Waals surface area contributed by atoms with Crippen molar-refractivity contribution >= 4 is 23.4 Å². The molecule has 0 unspecified atom stereocenters. The lowest BCUT2D eigenvalue weighted by molar-refractivity contribution is 0.910. The van der Waals surface area contributed by atoms with Crippen LogP contribution in [0.3, 0.4) is 0 Å². The first-order chi connectivity index (χ1) is 10.7. The fraction of sp³-hybridized carbons (Fsp3) is 0.412. The molecule has 1 fully saturated rings. The minimum absolute atomic E-state index is 0.712. The van der Waals surface area contributed by atoms with E-state index in [-0.39, 0.29) is 0 Å². The largest absolute Gasteiger partial charge is 0.356 e. The Balaban J connectivity index is 1.62. The van der Waals surface area contributed by atoms with Crippen LogP contribution in [0.15, 0.2) is 30.3 Å². The van der Waals surface area contributed by atoms with Crippen molar-refractivity contribution in [1.29, 1.82) is 0 Å². The zero-order valence-electron chi connectivity index (χ0n) is 12.8. The highest BCUT2D eigenvalue weighted by atomic mass is 35.5. The van der Waals surface area contributed by atoms with E-state index in [0.717, 1.165) is 42.6 Å². The standard InChI is InChI=1S/C17H21ClN4/c1-13-11-16(22-9-2-3-10-22)21-17(20-13)19-8-7-14-5-4-6-15(18)12-14/h4-6,11-12H,2-3,7-10H2,1H3,(H,19,20,21). The predicted octanol–water partition coefficient (Wildman–Crippen LogP) is 3.69. The first-order valence-corrected chi connectivity index (χ1v) is 8.17. The van der Waals surface area contributed by atoms with Gasteiger partial charge in [0.05, 0.1) is 0 Å². The van der Waals surface area contributed by atoms with Gasteiger partial charge in [0.15, 0.2) is 0 Å². The van der Waals surface area contributed by atoms with E-state index >= 15 is 0 Å². The highest BCUT2D eigenvalue weighted by molar-refractivity contribution is 6.30. The summed E-state index contributed by atoms with van der Waals surface area (Å²) in [5.74, 6) is 1.75. The fourth-order valence-electron chi connectivity index (χ4n) is 2.75. The van der Waals surface area contributed by atoms with Crippen molar-refractivity contribution in [3.63, 3.8) is 0 Å². The molecule has 1 aliphatic heterocycles. The van der Waals surface area contributed by atoms with E-state index in [1.807, 2.05) is 25.1 Å². The molecule has 0 spiro atoms. The molecule has 0 bridgehead atoms. The number of anilines is 2. The van der Waals surface area contributed by atoms with Gasteiger partial charge in [0, 0.05) is 36.4 Å². The lowest BCUT2D eigenvalue weighted by atomic mass is 10.1. The molecule has 0 radical (unpaired) electrons. The Labute approximate surface area is 136 Å². The molecule has 22 heavy (non-hydrogen) atoms. The topological polar surface area (TPSA) is 41.1 Å². The van der Waals surface area contributed by atoms with Crippen LogP contribution in [0.5, 0.6) is 0 Å². The molecule has 0 atom stereocenters. The van der Waals surface area contributed by atoms with Crippen molar-refractivity contribution in [3.8, 4) is 0 Å². The maximum Gasteiger partial charge on any atom is 0.224 e. The van der Waals surface area contributed by atoms with Gasteiger partial charge in [0.1, 0.15) is 5.82 Å². The van der Waals surface area contributed by atoms with Gasteiger partial charge in [0.25, 0.3) is 0 Å². The Morgan fingerprint density at radius 3 is 2.77 bits per heavy atom. The molecule has 1 saturated heterocycles. The first-order valence-electron chi connectivity index (χ1n) is 7.80. The smallest absolute Gasteiger partial charge is 0.224 e. The minimum Gasteiger partial charge on any atom is -0.356 e. The summed E-state index contributed by atoms with van der Waals surface area (Å²) in [6.07, 6.45) is 3.40. The van der Waals surface area contributed by atoms with Crippen LogP contribution in [0.2, 0.25) is 5.02 Å². The zero-order valence-corrected chi connectivity index (χ0v) is 13.6. The van der Waals surface area contributed by atoms with E-state index in [4.69, 9.17) is 11.6 Å². The Morgan fingerprint density at radius 2 is 2.00 bits per heavy atom. The van der Waals surface area contributed by atoms with Crippen LogP contribution >= 0.6 is 11.6 Å². The number of aromatic nitrogens is 2. The monoisotopic (exact) mass is 316 g/mol. The predicted molar refractivity (Wildman–Crippen MR) is 91.9 cm³/mol. The lowest BCUT2D eigenvalue weighted by Crippen LogP contribution is -2.20. The number of halogens is 1. The Kier molecular flexibility index (Phi) is 4.78. The van der Waals surface area contributed by atoms with Crippen LogP contribution in [0.25, 0.3) is 0 Å². The van der Waals surface area contributed by atoms with E-state index in [1.165, 1.54) is 18.4 Å². The summed E-state index contributed by atoms with van der Waals surface area (Å²) in [5.41, 5.74) is 2.22. The third-order valence-electron chi connectivity index (χ3n) is 3.86. The second-order valence-electron chi connectivity index (χ2n) is 5.69. The molecule has 0 saturated carbocycles. The Hall–Kier alpha value is -1.81. The molecule has 1 aromatic carbocycles. The number of hydrogen-bond acceptors (Lipinski definition) is 4. The van der Waals surface area contributed by atoms with E-state index in [2.05, 4.69) is 32.3 Å². The Morgan fingerprint density at radius 1 is 1.18 bits per heavy atom. The van der Waals surface area contributed by atoms with Crippen molar-refractivity contribution in [2.75, 3.05) is 29.9 Å². The third kappa shape index (κ3) is 3.89. The molecule has 2 heterocycles. The van der Waals surface area contributed by atoms with Crippen molar-refractivity contribution in [3.05, 3.63) is 46.6 Å². The van der Waals surface area contributed by atoms with Gasteiger partial charge in [-0.1, -0.05) is 23.7 Å². The second-order valence-corrected chi connectivity index (χ2v) is 6.13. The molecule has 1 aliphatic rings. The van der Waals surface area contributed by atoms with Gasteiger partial charge >= 0.3 is 0 Å². The van der Waals surface area contributed by atoms with Crippen molar-refractivity contribution in [2.45, 2.75) is 26.2 Å². The molecule has 1 N–H and O–H groups in total. The molecule has 4 nitrogen and oxygen atoms in total. The van der Waals surface area contributed by atoms with Gasteiger partial charge in [-0.25, -0.2) is 4.98 Å². The zero-order chi connectivity index (χ0) is 15.4. The molecule has 116 valence electrons. The third-order valence-corrected chi connectivity index (χ3v) is 4.09. The van der Waals surface area contributed by atoms with Crippen LogP contribution in [0, 0.1) is 6.92 Å². The van der Waals surface area contributed by atoms with E-state index in [9.17, 15) is 0 Å². The molecule has 2 aromatic rings. The van der Waals surface area contributed by atoms with Gasteiger partial charge in [-0.05, 0) is 43.9 Å². The van der Waals surface area contributed by atoms with E-state index in [1.54, 1.807) is 0 Å². The number of nitrogens with zero attached hydrogens (tertiary/aromatic N) is 3. The molecular formula is C17H21ClN4. The van der Waals surface area contributed by atoms with Crippen LogP contribution in [0.1, 0.15) is 24.1 Å². The van der Waals surface area contributed by atoms with Crippen molar-refractivity contribution in [2.24, 2.45) is 0 Å². The SMILES string of the molecule is Cc1cc(N2CCCC2)nc(NCCc2cccc(Cl)c2)n1. The Bertz CT molecular complexity index is 638. The van der Waals surface area contributed by atoms with Crippen LogP contribution in [0.4, 0.5) is 11.8 Å². The number of benzene rings is 1. The fourth-order valence-corrected chi connectivity index (χ4v) is 2.96. The highest BCUT2D eigenvalue weighted by Gasteiger charge is 2.14. The highest BCUT2D eigenvalue weighted by Crippen LogP contribution is 2.20. The summed E-state index contributed by atoms with van der Waals surface area (Å²) in [7, 11) is 0.